The number of likely N-dealkylation sites (N-methyl/N-ethyl adjacent to an activating group) is 1. The molecule has 138 valence electrons. The third-order valence-electron chi connectivity index (χ3n) is 5.19. The van der Waals surface area contributed by atoms with Gasteiger partial charge in [-0.25, -0.2) is 0 Å². The average Bonchev–Trinajstić information content (AvgIpc) is 3.11. The smallest absolute Gasteiger partial charge is 0.169 e. The highest BCUT2D eigenvalue weighted by Gasteiger charge is 2.39. The summed E-state index contributed by atoms with van der Waals surface area (Å²) >= 11 is 9.15. The summed E-state index contributed by atoms with van der Waals surface area (Å²) in [5.41, 5.74) is 5.83. The summed E-state index contributed by atoms with van der Waals surface area (Å²) in [6, 6.07) is 16.8. The first-order valence-electron chi connectivity index (χ1n) is 8.86. The molecule has 0 amide bonds. The van der Waals surface area contributed by atoms with Crippen LogP contribution in [0.15, 0.2) is 59.2 Å². The normalized spacial score (nSPS) is 19.4. The largest absolute Gasteiger partial charge is 0.352 e. The Morgan fingerprint density at radius 2 is 1.93 bits per heavy atom. The summed E-state index contributed by atoms with van der Waals surface area (Å²) in [7, 11) is 2.05. The minimum Gasteiger partial charge on any atom is -0.352 e. The molecule has 4 rings (SSSR count). The molecular weight excluding hydrogens is 420 g/mol. The van der Waals surface area contributed by atoms with Crippen LogP contribution in [-0.4, -0.2) is 26.6 Å². The molecule has 1 saturated heterocycles. The van der Waals surface area contributed by atoms with E-state index in [4.69, 9.17) is 12.2 Å². The number of aromatic nitrogens is 2. The Labute approximate surface area is 173 Å². The van der Waals surface area contributed by atoms with Crippen LogP contribution in [0.2, 0.25) is 0 Å². The lowest BCUT2D eigenvalue weighted by Crippen LogP contribution is -2.25. The number of nitrogens with zero attached hydrogens (tertiary/aromatic N) is 3. The lowest BCUT2D eigenvalue weighted by Gasteiger charge is -2.24. The lowest BCUT2D eigenvalue weighted by atomic mass is 9.97. The van der Waals surface area contributed by atoms with E-state index in [0.717, 1.165) is 21.0 Å². The Balaban J connectivity index is 1.82. The molecule has 6 heteroatoms. The topological polar surface area (TPSA) is 33.1 Å². The van der Waals surface area contributed by atoms with Gasteiger partial charge < -0.3 is 14.8 Å². The lowest BCUT2D eigenvalue weighted by molar-refractivity contribution is 0.367. The van der Waals surface area contributed by atoms with Gasteiger partial charge in [-0.05, 0) is 68.0 Å². The fourth-order valence-corrected chi connectivity index (χ4v) is 4.57. The first kappa shape index (κ1) is 18.2. The monoisotopic (exact) mass is 440 g/mol. The molecule has 1 aromatic carbocycles. The molecule has 1 aliphatic heterocycles. The highest BCUT2D eigenvalue weighted by molar-refractivity contribution is 9.10. The van der Waals surface area contributed by atoms with Crippen molar-refractivity contribution in [1.29, 1.82) is 0 Å². The van der Waals surface area contributed by atoms with Crippen molar-refractivity contribution in [2.75, 3.05) is 7.05 Å². The van der Waals surface area contributed by atoms with Crippen molar-refractivity contribution in [2.24, 2.45) is 0 Å². The number of rotatable bonds is 3. The van der Waals surface area contributed by atoms with E-state index in [0.29, 0.717) is 0 Å². The fourth-order valence-electron chi connectivity index (χ4n) is 3.95. The second-order valence-electron chi connectivity index (χ2n) is 6.88. The van der Waals surface area contributed by atoms with Crippen LogP contribution in [0.3, 0.4) is 0 Å². The maximum absolute atomic E-state index is 5.56. The minimum absolute atomic E-state index is 0.0279. The molecule has 0 radical (unpaired) electrons. The number of halogens is 1. The molecular formula is C21H21BrN4S. The minimum atomic E-state index is 0.0279. The maximum atomic E-state index is 5.56. The van der Waals surface area contributed by atoms with Gasteiger partial charge >= 0.3 is 0 Å². The van der Waals surface area contributed by atoms with Crippen molar-refractivity contribution < 1.29 is 0 Å². The zero-order valence-corrected chi connectivity index (χ0v) is 17.9. The van der Waals surface area contributed by atoms with Gasteiger partial charge in [-0.3, -0.25) is 4.98 Å². The number of nitrogens with one attached hydrogen (secondary N) is 1. The molecule has 0 aliphatic carbocycles. The molecule has 2 atom stereocenters. The van der Waals surface area contributed by atoms with E-state index in [-0.39, 0.29) is 12.1 Å². The molecule has 0 spiro atoms. The highest BCUT2D eigenvalue weighted by Crippen LogP contribution is 2.40. The standard InChI is InChI=1S/C21H21BrN4S/c1-13-11-17(14(2)26(13)16-8-6-7-15(22)12-16)20-19(24-21(27)25(20)3)18-9-4-5-10-23-18/h4-12,19-20H,1-3H3,(H,24,27)/t19-,20+/m1/s1. The van der Waals surface area contributed by atoms with E-state index in [2.05, 4.69) is 79.9 Å². The zero-order valence-electron chi connectivity index (χ0n) is 15.5. The summed E-state index contributed by atoms with van der Waals surface area (Å²) in [6.07, 6.45) is 1.83. The van der Waals surface area contributed by atoms with Gasteiger partial charge in [-0.1, -0.05) is 28.1 Å². The Kier molecular flexibility index (Phi) is 4.78. The quantitative estimate of drug-likeness (QED) is 0.589. The second kappa shape index (κ2) is 7.09. The van der Waals surface area contributed by atoms with Crippen molar-refractivity contribution in [3.63, 3.8) is 0 Å². The van der Waals surface area contributed by atoms with E-state index in [1.54, 1.807) is 0 Å². The van der Waals surface area contributed by atoms with Crippen LogP contribution in [0.25, 0.3) is 5.69 Å². The van der Waals surface area contributed by atoms with Crippen LogP contribution in [0.5, 0.6) is 0 Å². The predicted octanol–water partition coefficient (Wildman–Crippen LogP) is 4.85. The van der Waals surface area contributed by atoms with Crippen LogP contribution in [0.1, 0.15) is 34.7 Å². The summed E-state index contributed by atoms with van der Waals surface area (Å²) in [4.78, 5) is 6.71. The van der Waals surface area contributed by atoms with Gasteiger partial charge in [0.1, 0.15) is 0 Å². The van der Waals surface area contributed by atoms with Gasteiger partial charge in [0.25, 0.3) is 0 Å². The SMILES string of the molecule is Cc1cc([C@H]2[C@@H](c3ccccn3)NC(=S)N2C)c(C)n1-c1cccc(Br)c1. The van der Waals surface area contributed by atoms with Crippen LogP contribution in [0, 0.1) is 13.8 Å². The van der Waals surface area contributed by atoms with Crippen molar-refractivity contribution in [2.45, 2.75) is 25.9 Å². The van der Waals surface area contributed by atoms with Gasteiger partial charge in [-0.2, -0.15) is 0 Å². The Morgan fingerprint density at radius 1 is 1.11 bits per heavy atom. The van der Waals surface area contributed by atoms with Crippen LogP contribution < -0.4 is 5.32 Å². The maximum Gasteiger partial charge on any atom is 0.169 e. The van der Waals surface area contributed by atoms with Crippen molar-refractivity contribution in [3.8, 4) is 5.69 Å². The van der Waals surface area contributed by atoms with Crippen molar-refractivity contribution in [3.05, 3.63) is 81.8 Å². The average molecular weight is 441 g/mol. The highest BCUT2D eigenvalue weighted by atomic mass is 79.9. The number of pyridine rings is 1. The Morgan fingerprint density at radius 3 is 2.63 bits per heavy atom. The Hall–Kier alpha value is -2.18. The molecule has 1 fully saturated rings. The molecule has 27 heavy (non-hydrogen) atoms. The molecule has 1 N–H and O–H groups in total. The Bertz CT molecular complexity index is 999. The molecule has 0 unspecified atom stereocenters. The van der Waals surface area contributed by atoms with Gasteiger partial charge in [0.05, 0.1) is 17.8 Å². The third kappa shape index (κ3) is 3.17. The van der Waals surface area contributed by atoms with Crippen LogP contribution >= 0.6 is 28.1 Å². The number of aryl methyl sites for hydroxylation is 1. The summed E-state index contributed by atoms with van der Waals surface area (Å²) in [5.74, 6) is 0. The second-order valence-corrected chi connectivity index (χ2v) is 8.18. The molecule has 2 aromatic heterocycles. The summed E-state index contributed by atoms with van der Waals surface area (Å²) < 4.78 is 3.37. The third-order valence-corrected chi connectivity index (χ3v) is 6.09. The molecule has 1 aliphatic rings. The first-order valence-corrected chi connectivity index (χ1v) is 10.1. The molecule has 0 bridgehead atoms. The van der Waals surface area contributed by atoms with Crippen LogP contribution in [-0.2, 0) is 0 Å². The molecule has 4 nitrogen and oxygen atoms in total. The van der Waals surface area contributed by atoms with Crippen molar-refractivity contribution in [1.82, 2.24) is 19.8 Å². The summed E-state index contributed by atoms with van der Waals surface area (Å²) in [6.45, 7) is 4.32. The predicted molar refractivity (Wildman–Crippen MR) is 116 cm³/mol. The summed E-state index contributed by atoms with van der Waals surface area (Å²) in [5, 5.41) is 4.20. The van der Waals surface area contributed by atoms with Gasteiger partial charge in [0.2, 0.25) is 0 Å². The van der Waals surface area contributed by atoms with E-state index < -0.39 is 0 Å². The van der Waals surface area contributed by atoms with E-state index in [9.17, 15) is 0 Å². The number of hydrogen-bond acceptors (Lipinski definition) is 2. The molecule has 0 saturated carbocycles. The molecule has 3 aromatic rings. The fraction of sp³-hybridized carbons (Fsp3) is 0.238. The van der Waals surface area contributed by atoms with E-state index in [1.165, 1.54) is 17.0 Å². The first-order chi connectivity index (χ1) is 13.0. The van der Waals surface area contributed by atoms with Gasteiger partial charge in [0, 0.05) is 34.8 Å². The van der Waals surface area contributed by atoms with Gasteiger partial charge in [-0.15, -0.1) is 0 Å². The molecule has 3 heterocycles. The zero-order chi connectivity index (χ0) is 19.1. The van der Waals surface area contributed by atoms with E-state index in [1.807, 2.05) is 31.4 Å². The van der Waals surface area contributed by atoms with Crippen LogP contribution in [0.4, 0.5) is 0 Å². The van der Waals surface area contributed by atoms with E-state index >= 15 is 0 Å². The van der Waals surface area contributed by atoms with Gasteiger partial charge in [0.15, 0.2) is 5.11 Å². The number of thiocarbonyl (C=S) groups is 1. The number of hydrogen-bond donors (Lipinski definition) is 1. The number of benzene rings is 1. The van der Waals surface area contributed by atoms with Crippen molar-refractivity contribution >= 4 is 33.3 Å².